The molecule has 5 heteroatoms. The van der Waals surface area contributed by atoms with E-state index in [-0.39, 0.29) is 18.2 Å². The van der Waals surface area contributed by atoms with E-state index >= 15 is 0 Å². The highest BCUT2D eigenvalue weighted by Gasteiger charge is 2.20. The first kappa shape index (κ1) is 16.5. The van der Waals surface area contributed by atoms with Gasteiger partial charge in [-0.25, -0.2) is 4.79 Å². The van der Waals surface area contributed by atoms with Gasteiger partial charge in [0.25, 0.3) is 0 Å². The number of carbonyl (C=O) groups excluding carboxylic acids is 1. The fourth-order valence-electron chi connectivity index (χ4n) is 1.58. The van der Waals surface area contributed by atoms with Crippen LogP contribution in [0.4, 0.5) is 4.79 Å². The summed E-state index contributed by atoms with van der Waals surface area (Å²) < 4.78 is 0. The summed E-state index contributed by atoms with van der Waals surface area (Å²) in [5.74, 6) is 0. The molecule has 0 saturated carbocycles. The fraction of sp³-hybridized carbons (Fsp3) is 0.533. The van der Waals surface area contributed by atoms with Crippen molar-refractivity contribution in [1.29, 1.82) is 0 Å². The van der Waals surface area contributed by atoms with E-state index in [0.29, 0.717) is 13.1 Å². The smallest absolute Gasteiger partial charge is 0.315 e. The lowest BCUT2D eigenvalue weighted by molar-refractivity contribution is 0.186. The topological polar surface area (TPSA) is 64.6 Å². The van der Waals surface area contributed by atoms with Crippen LogP contribution in [0.2, 0.25) is 0 Å². The lowest BCUT2D eigenvalue weighted by atomic mass is 10.0. The summed E-state index contributed by atoms with van der Waals surface area (Å²) >= 11 is 0. The molecule has 0 saturated heterocycles. The van der Waals surface area contributed by atoms with Crippen LogP contribution < -0.4 is 10.6 Å². The SMILES string of the molecule is CN(C)C(C)(C)CNC(=O)NCc1ccccc1CO. The van der Waals surface area contributed by atoms with Crippen molar-refractivity contribution in [2.75, 3.05) is 20.6 Å². The molecule has 2 amide bonds. The summed E-state index contributed by atoms with van der Waals surface area (Å²) in [7, 11) is 3.97. The molecule has 0 aliphatic rings. The van der Waals surface area contributed by atoms with Gasteiger partial charge in [0.15, 0.2) is 0 Å². The maximum absolute atomic E-state index is 11.8. The minimum Gasteiger partial charge on any atom is -0.392 e. The third kappa shape index (κ3) is 4.83. The summed E-state index contributed by atoms with van der Waals surface area (Å²) in [6.45, 7) is 5.08. The number of rotatable bonds is 6. The zero-order valence-corrected chi connectivity index (χ0v) is 12.7. The van der Waals surface area contributed by atoms with Gasteiger partial charge in [-0.3, -0.25) is 0 Å². The lowest BCUT2D eigenvalue weighted by Gasteiger charge is -2.32. The summed E-state index contributed by atoms with van der Waals surface area (Å²) in [6.07, 6.45) is 0. The van der Waals surface area contributed by atoms with Crippen molar-refractivity contribution in [3.63, 3.8) is 0 Å². The van der Waals surface area contributed by atoms with Crippen LogP contribution in [-0.4, -0.2) is 42.2 Å². The first-order chi connectivity index (χ1) is 9.36. The third-order valence-corrected chi connectivity index (χ3v) is 3.62. The van der Waals surface area contributed by atoms with E-state index in [1.165, 1.54) is 0 Å². The largest absolute Gasteiger partial charge is 0.392 e. The molecule has 0 atom stereocenters. The molecule has 0 aliphatic heterocycles. The minimum absolute atomic E-state index is 0.0207. The van der Waals surface area contributed by atoms with Gasteiger partial charge in [-0.2, -0.15) is 0 Å². The average molecular weight is 279 g/mol. The Hall–Kier alpha value is -1.59. The Balaban J connectivity index is 2.44. The second kappa shape index (κ2) is 7.26. The molecule has 0 radical (unpaired) electrons. The number of aliphatic hydroxyl groups is 1. The number of likely N-dealkylation sites (N-methyl/N-ethyl adjacent to an activating group) is 1. The maximum atomic E-state index is 11.8. The van der Waals surface area contributed by atoms with E-state index in [2.05, 4.69) is 29.4 Å². The second-order valence-electron chi connectivity index (χ2n) is 5.67. The van der Waals surface area contributed by atoms with Crippen molar-refractivity contribution in [1.82, 2.24) is 15.5 Å². The number of aliphatic hydroxyl groups excluding tert-OH is 1. The highest BCUT2D eigenvalue weighted by atomic mass is 16.3. The molecule has 1 rings (SSSR count). The van der Waals surface area contributed by atoms with Crippen LogP contribution in [-0.2, 0) is 13.2 Å². The van der Waals surface area contributed by atoms with Crippen LogP contribution in [0.3, 0.4) is 0 Å². The predicted octanol–water partition coefficient (Wildman–Crippen LogP) is 1.32. The van der Waals surface area contributed by atoms with Gasteiger partial charge in [-0.15, -0.1) is 0 Å². The molecule has 1 aromatic rings. The van der Waals surface area contributed by atoms with Gasteiger partial charge >= 0.3 is 6.03 Å². The van der Waals surface area contributed by atoms with Gasteiger partial charge < -0.3 is 20.6 Å². The highest BCUT2D eigenvalue weighted by Crippen LogP contribution is 2.09. The van der Waals surface area contributed by atoms with Crippen molar-refractivity contribution < 1.29 is 9.90 Å². The summed E-state index contributed by atoms with van der Waals surface area (Å²) in [5, 5.41) is 14.9. The van der Waals surface area contributed by atoms with Crippen LogP contribution in [0.15, 0.2) is 24.3 Å². The Morgan fingerprint density at radius 1 is 1.20 bits per heavy atom. The molecule has 5 nitrogen and oxygen atoms in total. The number of nitrogens with zero attached hydrogens (tertiary/aromatic N) is 1. The van der Waals surface area contributed by atoms with E-state index in [1.54, 1.807) is 0 Å². The van der Waals surface area contributed by atoms with Crippen molar-refractivity contribution in [3.05, 3.63) is 35.4 Å². The van der Waals surface area contributed by atoms with Crippen LogP contribution >= 0.6 is 0 Å². The molecule has 20 heavy (non-hydrogen) atoms. The molecular formula is C15H25N3O2. The Kier molecular flexibility index (Phi) is 5.98. The highest BCUT2D eigenvalue weighted by molar-refractivity contribution is 5.73. The van der Waals surface area contributed by atoms with Crippen molar-refractivity contribution in [2.45, 2.75) is 32.5 Å². The molecule has 112 valence electrons. The minimum atomic E-state index is -0.201. The number of urea groups is 1. The van der Waals surface area contributed by atoms with Crippen molar-refractivity contribution in [2.24, 2.45) is 0 Å². The molecule has 1 aromatic carbocycles. The molecule has 0 heterocycles. The van der Waals surface area contributed by atoms with Crippen molar-refractivity contribution >= 4 is 6.03 Å². The number of carbonyl (C=O) groups is 1. The molecule has 0 aliphatic carbocycles. The van der Waals surface area contributed by atoms with E-state index in [0.717, 1.165) is 11.1 Å². The summed E-state index contributed by atoms with van der Waals surface area (Å²) in [4.78, 5) is 13.8. The molecule has 0 spiro atoms. The molecule has 0 aromatic heterocycles. The Labute approximate surface area is 121 Å². The van der Waals surface area contributed by atoms with E-state index in [9.17, 15) is 9.90 Å². The normalized spacial score (nSPS) is 11.5. The van der Waals surface area contributed by atoms with E-state index in [4.69, 9.17) is 0 Å². The monoisotopic (exact) mass is 279 g/mol. The van der Waals surface area contributed by atoms with Gasteiger partial charge in [-0.1, -0.05) is 24.3 Å². The maximum Gasteiger partial charge on any atom is 0.315 e. The van der Waals surface area contributed by atoms with Gasteiger partial charge in [0.05, 0.1) is 6.61 Å². The number of amides is 2. The summed E-state index contributed by atoms with van der Waals surface area (Å²) in [6, 6.07) is 7.31. The fourth-order valence-corrected chi connectivity index (χ4v) is 1.58. The predicted molar refractivity (Wildman–Crippen MR) is 80.4 cm³/mol. The molecule has 0 bridgehead atoms. The number of hydrogen-bond donors (Lipinski definition) is 3. The van der Waals surface area contributed by atoms with Gasteiger partial charge in [-0.05, 0) is 39.1 Å². The van der Waals surface area contributed by atoms with Crippen LogP contribution in [0.5, 0.6) is 0 Å². The first-order valence-corrected chi connectivity index (χ1v) is 6.73. The average Bonchev–Trinajstić information content (AvgIpc) is 2.43. The van der Waals surface area contributed by atoms with Crippen molar-refractivity contribution in [3.8, 4) is 0 Å². The number of nitrogens with one attached hydrogen (secondary N) is 2. The Morgan fingerprint density at radius 3 is 2.35 bits per heavy atom. The molecular weight excluding hydrogens is 254 g/mol. The molecule has 3 N–H and O–H groups in total. The van der Waals surface area contributed by atoms with Gasteiger partial charge in [0.2, 0.25) is 0 Å². The van der Waals surface area contributed by atoms with E-state index < -0.39 is 0 Å². The molecule has 0 fully saturated rings. The molecule has 0 unspecified atom stereocenters. The Morgan fingerprint density at radius 2 is 1.80 bits per heavy atom. The van der Waals surface area contributed by atoms with Gasteiger partial charge in [0, 0.05) is 18.6 Å². The third-order valence-electron chi connectivity index (χ3n) is 3.62. The zero-order chi connectivity index (χ0) is 15.2. The standard InChI is InChI=1S/C15H25N3O2/c1-15(2,18(3)4)11-17-14(20)16-9-12-7-5-6-8-13(12)10-19/h5-8,19H,9-11H2,1-4H3,(H2,16,17,20). The lowest BCUT2D eigenvalue weighted by Crippen LogP contribution is -2.50. The van der Waals surface area contributed by atoms with Crippen LogP contribution in [0, 0.1) is 0 Å². The number of hydrogen-bond acceptors (Lipinski definition) is 3. The first-order valence-electron chi connectivity index (χ1n) is 6.73. The quantitative estimate of drug-likeness (QED) is 0.736. The summed E-state index contributed by atoms with van der Waals surface area (Å²) in [5.41, 5.74) is 1.67. The number of benzene rings is 1. The van der Waals surface area contributed by atoms with Crippen LogP contribution in [0.25, 0.3) is 0 Å². The van der Waals surface area contributed by atoms with E-state index in [1.807, 2.05) is 38.4 Å². The van der Waals surface area contributed by atoms with Gasteiger partial charge in [0.1, 0.15) is 0 Å². The Bertz CT molecular complexity index is 444. The second-order valence-corrected chi connectivity index (χ2v) is 5.67. The zero-order valence-electron chi connectivity index (χ0n) is 12.7. The van der Waals surface area contributed by atoms with Crippen LogP contribution in [0.1, 0.15) is 25.0 Å².